The van der Waals surface area contributed by atoms with E-state index < -0.39 is 0 Å². The molecule has 0 saturated carbocycles. The van der Waals surface area contributed by atoms with Crippen LogP contribution in [0.3, 0.4) is 0 Å². The highest BCUT2D eigenvalue weighted by atomic mass is 32.1. The van der Waals surface area contributed by atoms with Gasteiger partial charge in [0.15, 0.2) is 0 Å². The van der Waals surface area contributed by atoms with Gasteiger partial charge in [-0.25, -0.2) is 0 Å². The summed E-state index contributed by atoms with van der Waals surface area (Å²) in [5.41, 5.74) is 1.19. The topological polar surface area (TPSA) is 17.1 Å². The van der Waals surface area contributed by atoms with Crippen LogP contribution >= 0.6 is 22.7 Å². The number of hydrogen-bond acceptors (Lipinski definition) is 3. The van der Waals surface area contributed by atoms with Crippen LogP contribution in [-0.4, -0.2) is 0 Å². The van der Waals surface area contributed by atoms with E-state index in [0.717, 1.165) is 21.2 Å². The van der Waals surface area contributed by atoms with Gasteiger partial charge < -0.3 is 0 Å². The number of rotatable bonds is 1. The van der Waals surface area contributed by atoms with Gasteiger partial charge in [-0.3, -0.25) is 4.79 Å². The molecule has 0 atom stereocenters. The number of benzene rings is 1. The predicted octanol–water partition coefficient (Wildman–Crippen LogP) is 4.04. The molecule has 1 nitrogen and oxygen atoms in total. The van der Waals surface area contributed by atoms with Gasteiger partial charge in [0.1, 0.15) is 0 Å². The van der Waals surface area contributed by atoms with Gasteiger partial charge in [-0.15, -0.1) is 11.3 Å². The lowest BCUT2D eigenvalue weighted by Crippen LogP contribution is -1.95. The van der Waals surface area contributed by atoms with Crippen LogP contribution < -0.4 is 4.74 Å². The molecule has 0 saturated heterocycles. The van der Waals surface area contributed by atoms with E-state index in [-0.39, 0.29) is 4.74 Å². The van der Waals surface area contributed by atoms with Gasteiger partial charge >= 0.3 is 0 Å². The third-order valence-electron chi connectivity index (χ3n) is 2.79. The average Bonchev–Trinajstić information content (AvgIpc) is 2.74. The molecule has 16 heavy (non-hydrogen) atoms. The minimum Gasteiger partial charge on any atom is -0.277 e. The summed E-state index contributed by atoms with van der Waals surface area (Å²) in [4.78, 5) is 12.1. The fourth-order valence-electron chi connectivity index (χ4n) is 1.97. The smallest absolute Gasteiger partial charge is 0.241 e. The van der Waals surface area contributed by atoms with E-state index in [1.54, 1.807) is 11.3 Å². The molecule has 0 unspecified atom stereocenters. The van der Waals surface area contributed by atoms with Crippen molar-refractivity contribution in [1.82, 2.24) is 0 Å². The van der Waals surface area contributed by atoms with Crippen LogP contribution in [0.15, 0.2) is 34.4 Å². The van der Waals surface area contributed by atoms with Crippen molar-refractivity contribution in [2.24, 2.45) is 0 Å². The molecule has 0 radical (unpaired) electrons. The zero-order valence-corrected chi connectivity index (χ0v) is 10.5. The summed E-state index contributed by atoms with van der Waals surface area (Å²) in [6.07, 6.45) is 0.931. The molecule has 1 aromatic carbocycles. The third-order valence-corrected chi connectivity index (χ3v) is 4.81. The van der Waals surface area contributed by atoms with Crippen molar-refractivity contribution in [3.63, 3.8) is 0 Å². The van der Waals surface area contributed by atoms with Gasteiger partial charge in [-0.2, -0.15) is 0 Å². The summed E-state index contributed by atoms with van der Waals surface area (Å²) in [7, 11) is 0. The second kappa shape index (κ2) is 3.68. The third kappa shape index (κ3) is 1.32. The molecule has 0 aliphatic heterocycles. The highest BCUT2D eigenvalue weighted by Gasteiger charge is 2.10. The predicted molar refractivity (Wildman–Crippen MR) is 72.9 cm³/mol. The first-order valence-electron chi connectivity index (χ1n) is 5.23. The van der Waals surface area contributed by atoms with Crippen molar-refractivity contribution < 1.29 is 0 Å². The van der Waals surface area contributed by atoms with Gasteiger partial charge in [-0.1, -0.05) is 36.5 Å². The summed E-state index contributed by atoms with van der Waals surface area (Å²) in [6, 6.07) is 8.14. The Morgan fingerprint density at radius 3 is 2.88 bits per heavy atom. The Morgan fingerprint density at radius 1 is 1.25 bits per heavy atom. The van der Waals surface area contributed by atoms with Gasteiger partial charge in [0.05, 0.1) is 5.39 Å². The summed E-state index contributed by atoms with van der Waals surface area (Å²) in [6.45, 7) is 2.10. The fourth-order valence-corrected chi connectivity index (χ4v) is 4.25. The maximum absolute atomic E-state index is 12.1. The number of aryl methyl sites for hydroxylation is 1. The molecule has 3 heteroatoms. The minimum absolute atomic E-state index is 0.201. The fraction of sp³-hybridized carbons (Fsp3) is 0.154. The van der Waals surface area contributed by atoms with Crippen LogP contribution in [0.4, 0.5) is 0 Å². The van der Waals surface area contributed by atoms with E-state index in [1.165, 1.54) is 22.3 Å². The van der Waals surface area contributed by atoms with E-state index in [4.69, 9.17) is 0 Å². The van der Waals surface area contributed by atoms with Crippen LogP contribution in [-0.2, 0) is 6.42 Å². The van der Waals surface area contributed by atoms with E-state index in [9.17, 15) is 4.79 Å². The maximum atomic E-state index is 12.1. The van der Waals surface area contributed by atoms with Crippen LogP contribution in [0.1, 0.15) is 12.5 Å². The Labute approximate surface area is 101 Å². The maximum Gasteiger partial charge on any atom is 0.241 e. The Bertz CT molecular complexity index is 721. The van der Waals surface area contributed by atoms with Crippen LogP contribution in [0.25, 0.3) is 20.2 Å². The van der Waals surface area contributed by atoms with Crippen molar-refractivity contribution in [3.8, 4) is 0 Å². The summed E-state index contributed by atoms with van der Waals surface area (Å²) in [5.74, 6) is 0. The molecule has 0 bridgehead atoms. The first kappa shape index (κ1) is 10.00. The molecule has 0 aliphatic rings. The summed E-state index contributed by atoms with van der Waals surface area (Å²) >= 11 is 3.05. The van der Waals surface area contributed by atoms with Crippen molar-refractivity contribution in [3.05, 3.63) is 44.7 Å². The highest BCUT2D eigenvalue weighted by Crippen LogP contribution is 2.32. The average molecular weight is 246 g/mol. The zero-order valence-electron chi connectivity index (χ0n) is 8.82. The molecule has 0 amide bonds. The molecular weight excluding hydrogens is 236 g/mol. The zero-order chi connectivity index (χ0) is 11.1. The lowest BCUT2D eigenvalue weighted by Gasteiger charge is -1.98. The molecule has 80 valence electrons. The SMILES string of the molecule is CCc1csc2c1c(=O)sc1ccccc12. The molecule has 0 spiro atoms. The molecule has 2 heterocycles. The monoisotopic (exact) mass is 246 g/mol. The standard InChI is InChI=1S/C13H10OS2/c1-2-8-7-15-12-9-5-3-4-6-10(9)16-13(14)11(8)12/h3-7H,2H2,1H3. The normalized spacial score (nSPS) is 11.3. The van der Waals surface area contributed by atoms with Gasteiger partial charge in [-0.05, 0) is 23.4 Å². The van der Waals surface area contributed by atoms with Gasteiger partial charge in [0.25, 0.3) is 0 Å². The number of hydrogen-bond donors (Lipinski definition) is 0. The lowest BCUT2D eigenvalue weighted by molar-refractivity contribution is 1.17. The first-order valence-corrected chi connectivity index (χ1v) is 6.93. The first-order chi connectivity index (χ1) is 7.81. The van der Waals surface area contributed by atoms with Crippen LogP contribution in [0, 0.1) is 0 Å². The Balaban J connectivity index is 2.61. The lowest BCUT2D eigenvalue weighted by atomic mass is 10.1. The van der Waals surface area contributed by atoms with Crippen molar-refractivity contribution >= 4 is 42.8 Å². The second-order valence-corrected chi connectivity index (χ2v) is 5.60. The van der Waals surface area contributed by atoms with E-state index in [2.05, 4.69) is 18.4 Å². The quantitative estimate of drug-likeness (QED) is 0.633. The second-order valence-electron chi connectivity index (χ2n) is 3.70. The van der Waals surface area contributed by atoms with E-state index in [1.807, 2.05) is 18.2 Å². The summed E-state index contributed by atoms with van der Waals surface area (Å²) in [5, 5.41) is 4.27. The van der Waals surface area contributed by atoms with E-state index in [0.29, 0.717) is 0 Å². The molecule has 0 aliphatic carbocycles. The Kier molecular flexibility index (Phi) is 2.30. The van der Waals surface area contributed by atoms with Crippen LogP contribution in [0.2, 0.25) is 0 Å². The minimum atomic E-state index is 0.201. The van der Waals surface area contributed by atoms with Crippen molar-refractivity contribution in [1.29, 1.82) is 0 Å². The van der Waals surface area contributed by atoms with Crippen molar-refractivity contribution in [2.75, 3.05) is 0 Å². The van der Waals surface area contributed by atoms with E-state index >= 15 is 0 Å². The highest BCUT2D eigenvalue weighted by molar-refractivity contribution is 7.22. The number of thiophene rings is 1. The molecule has 0 N–H and O–H groups in total. The van der Waals surface area contributed by atoms with Crippen LogP contribution in [0.5, 0.6) is 0 Å². The number of fused-ring (bicyclic) bond motifs is 3. The molecule has 3 rings (SSSR count). The molecule has 0 fully saturated rings. The van der Waals surface area contributed by atoms with Gasteiger partial charge in [0.2, 0.25) is 4.74 Å². The Morgan fingerprint density at radius 2 is 2.06 bits per heavy atom. The molecular formula is C13H10OS2. The Hall–Kier alpha value is -1.19. The molecule has 3 aromatic rings. The largest absolute Gasteiger partial charge is 0.277 e. The summed E-state index contributed by atoms with van der Waals surface area (Å²) < 4.78 is 2.44. The van der Waals surface area contributed by atoms with Gasteiger partial charge in [0, 0.05) is 14.8 Å². The van der Waals surface area contributed by atoms with Crippen molar-refractivity contribution in [2.45, 2.75) is 13.3 Å². The molecule has 2 aromatic heterocycles.